The SMILES string of the molecule is O=C(NCc1ccc(-c2ccn[nH]2)cc1)N1CCC[C@H]1C1CCCCC1. The summed E-state index contributed by atoms with van der Waals surface area (Å²) in [4.78, 5) is 14.8. The Hall–Kier alpha value is -2.30. The molecule has 1 aromatic heterocycles. The van der Waals surface area contributed by atoms with Gasteiger partial charge in [0.2, 0.25) is 0 Å². The largest absolute Gasteiger partial charge is 0.334 e. The number of likely N-dealkylation sites (tertiary alicyclic amines) is 1. The maximum absolute atomic E-state index is 12.7. The first-order chi connectivity index (χ1) is 12.8. The van der Waals surface area contributed by atoms with Crippen LogP contribution in [0.1, 0.15) is 50.5 Å². The van der Waals surface area contributed by atoms with Gasteiger partial charge in [-0.2, -0.15) is 5.10 Å². The van der Waals surface area contributed by atoms with E-state index in [0.717, 1.165) is 29.8 Å². The first kappa shape index (κ1) is 17.1. The van der Waals surface area contributed by atoms with Gasteiger partial charge in [0.25, 0.3) is 0 Å². The minimum Gasteiger partial charge on any atom is -0.334 e. The van der Waals surface area contributed by atoms with E-state index in [4.69, 9.17) is 0 Å². The summed E-state index contributed by atoms with van der Waals surface area (Å²) in [6.07, 6.45) is 10.7. The zero-order chi connectivity index (χ0) is 17.8. The molecule has 0 radical (unpaired) electrons. The molecule has 1 saturated heterocycles. The molecular formula is C21H28N4O. The Morgan fingerprint density at radius 1 is 1.08 bits per heavy atom. The van der Waals surface area contributed by atoms with Crippen LogP contribution in [-0.4, -0.2) is 33.7 Å². The molecular weight excluding hydrogens is 324 g/mol. The fraction of sp³-hybridized carbons (Fsp3) is 0.524. The van der Waals surface area contributed by atoms with Crippen molar-refractivity contribution in [2.75, 3.05) is 6.54 Å². The number of amides is 2. The maximum atomic E-state index is 12.7. The number of H-pyrrole nitrogens is 1. The Balaban J connectivity index is 1.33. The van der Waals surface area contributed by atoms with Crippen LogP contribution < -0.4 is 5.32 Å². The van der Waals surface area contributed by atoms with Crippen molar-refractivity contribution in [3.05, 3.63) is 42.1 Å². The smallest absolute Gasteiger partial charge is 0.317 e. The summed E-state index contributed by atoms with van der Waals surface area (Å²) in [6, 6.07) is 10.8. The van der Waals surface area contributed by atoms with Crippen molar-refractivity contribution < 1.29 is 4.79 Å². The van der Waals surface area contributed by atoms with E-state index >= 15 is 0 Å². The summed E-state index contributed by atoms with van der Waals surface area (Å²) in [6.45, 7) is 1.49. The predicted octanol–water partition coefficient (Wildman–Crippen LogP) is 4.33. The van der Waals surface area contributed by atoms with Crippen LogP contribution in [0.25, 0.3) is 11.3 Å². The fourth-order valence-corrected chi connectivity index (χ4v) is 4.55. The van der Waals surface area contributed by atoms with Crippen molar-refractivity contribution in [2.24, 2.45) is 5.92 Å². The number of aromatic amines is 1. The normalized spacial score (nSPS) is 21.1. The number of nitrogens with zero attached hydrogens (tertiary/aromatic N) is 2. The summed E-state index contributed by atoms with van der Waals surface area (Å²) in [5.74, 6) is 0.714. The molecule has 1 atom stereocenters. The van der Waals surface area contributed by atoms with Crippen molar-refractivity contribution in [1.29, 1.82) is 0 Å². The third kappa shape index (κ3) is 3.76. The zero-order valence-corrected chi connectivity index (χ0v) is 15.3. The second-order valence-electron chi connectivity index (χ2n) is 7.63. The van der Waals surface area contributed by atoms with Crippen LogP contribution in [0.4, 0.5) is 4.79 Å². The van der Waals surface area contributed by atoms with E-state index in [9.17, 15) is 4.79 Å². The van der Waals surface area contributed by atoms with Crippen molar-refractivity contribution in [3.63, 3.8) is 0 Å². The summed E-state index contributed by atoms with van der Waals surface area (Å²) in [7, 11) is 0. The van der Waals surface area contributed by atoms with E-state index in [1.54, 1.807) is 6.20 Å². The molecule has 138 valence electrons. The molecule has 26 heavy (non-hydrogen) atoms. The van der Waals surface area contributed by atoms with E-state index < -0.39 is 0 Å². The predicted molar refractivity (Wildman–Crippen MR) is 103 cm³/mol. The number of carbonyl (C=O) groups excluding carboxylic acids is 1. The average molecular weight is 352 g/mol. The third-order valence-electron chi connectivity index (χ3n) is 5.96. The highest BCUT2D eigenvalue weighted by molar-refractivity contribution is 5.75. The monoisotopic (exact) mass is 352 g/mol. The molecule has 1 aliphatic carbocycles. The topological polar surface area (TPSA) is 61.0 Å². The highest BCUT2D eigenvalue weighted by Crippen LogP contribution is 2.34. The lowest BCUT2D eigenvalue weighted by molar-refractivity contribution is 0.156. The second kappa shape index (κ2) is 7.94. The number of aromatic nitrogens is 2. The Labute approximate surface area is 155 Å². The van der Waals surface area contributed by atoms with E-state index in [0.29, 0.717) is 18.5 Å². The van der Waals surface area contributed by atoms with E-state index in [1.165, 1.54) is 38.5 Å². The third-order valence-corrected chi connectivity index (χ3v) is 5.96. The first-order valence-electron chi connectivity index (χ1n) is 9.94. The van der Waals surface area contributed by atoms with E-state index in [-0.39, 0.29) is 6.03 Å². The Morgan fingerprint density at radius 2 is 1.88 bits per heavy atom. The Kier molecular flexibility index (Phi) is 5.23. The summed E-state index contributed by atoms with van der Waals surface area (Å²) in [5.41, 5.74) is 3.23. The quantitative estimate of drug-likeness (QED) is 0.860. The van der Waals surface area contributed by atoms with Gasteiger partial charge in [-0.25, -0.2) is 4.79 Å². The van der Waals surface area contributed by atoms with Crippen molar-refractivity contribution >= 4 is 6.03 Å². The first-order valence-corrected chi connectivity index (χ1v) is 9.94. The van der Waals surface area contributed by atoms with Gasteiger partial charge in [-0.1, -0.05) is 43.5 Å². The van der Waals surface area contributed by atoms with Crippen LogP contribution in [0.2, 0.25) is 0 Å². The van der Waals surface area contributed by atoms with Gasteiger partial charge < -0.3 is 10.2 Å². The number of benzene rings is 1. The summed E-state index contributed by atoms with van der Waals surface area (Å²) < 4.78 is 0. The average Bonchev–Trinajstić information content (AvgIpc) is 3.39. The van der Waals surface area contributed by atoms with Crippen LogP contribution in [0.5, 0.6) is 0 Å². The molecule has 2 amide bonds. The minimum absolute atomic E-state index is 0.107. The molecule has 0 spiro atoms. The molecule has 2 fully saturated rings. The van der Waals surface area contributed by atoms with Gasteiger partial charge in [-0.15, -0.1) is 0 Å². The van der Waals surface area contributed by atoms with Gasteiger partial charge in [-0.3, -0.25) is 5.10 Å². The second-order valence-corrected chi connectivity index (χ2v) is 7.63. The van der Waals surface area contributed by atoms with Gasteiger partial charge in [0.05, 0.1) is 5.69 Å². The lowest BCUT2D eigenvalue weighted by atomic mass is 9.83. The molecule has 2 N–H and O–H groups in total. The highest BCUT2D eigenvalue weighted by Gasteiger charge is 2.34. The lowest BCUT2D eigenvalue weighted by Gasteiger charge is -2.34. The molecule has 2 heterocycles. The van der Waals surface area contributed by atoms with Crippen molar-refractivity contribution in [1.82, 2.24) is 20.4 Å². The summed E-state index contributed by atoms with van der Waals surface area (Å²) >= 11 is 0. The molecule has 5 nitrogen and oxygen atoms in total. The van der Waals surface area contributed by atoms with Crippen LogP contribution in [0, 0.1) is 5.92 Å². The maximum Gasteiger partial charge on any atom is 0.317 e. The molecule has 4 rings (SSSR count). The van der Waals surface area contributed by atoms with Crippen LogP contribution in [0.15, 0.2) is 36.5 Å². The van der Waals surface area contributed by atoms with E-state index in [2.05, 4.69) is 44.7 Å². The Bertz CT molecular complexity index is 704. The molecule has 0 unspecified atom stereocenters. The number of rotatable bonds is 4. The zero-order valence-electron chi connectivity index (χ0n) is 15.3. The van der Waals surface area contributed by atoms with Crippen LogP contribution in [0.3, 0.4) is 0 Å². The molecule has 1 aromatic carbocycles. The number of hydrogen-bond acceptors (Lipinski definition) is 2. The number of nitrogens with one attached hydrogen (secondary N) is 2. The molecule has 2 aliphatic rings. The summed E-state index contributed by atoms with van der Waals surface area (Å²) in [5, 5.41) is 10.1. The number of hydrogen-bond donors (Lipinski definition) is 2. The van der Waals surface area contributed by atoms with Crippen molar-refractivity contribution in [3.8, 4) is 11.3 Å². The molecule has 5 heteroatoms. The van der Waals surface area contributed by atoms with Gasteiger partial charge in [0, 0.05) is 25.3 Å². The number of carbonyl (C=O) groups is 1. The molecule has 2 aromatic rings. The standard InChI is InChI=1S/C21H28N4O/c26-21(25-14-4-7-20(25)18-5-2-1-3-6-18)22-15-16-8-10-17(11-9-16)19-12-13-23-24-19/h8-13,18,20H,1-7,14-15H2,(H,22,26)(H,23,24)/t20-/m0/s1. The van der Waals surface area contributed by atoms with Gasteiger partial charge in [0.15, 0.2) is 0 Å². The molecule has 1 saturated carbocycles. The lowest BCUT2D eigenvalue weighted by Crippen LogP contribution is -2.45. The highest BCUT2D eigenvalue weighted by atomic mass is 16.2. The van der Waals surface area contributed by atoms with Crippen LogP contribution >= 0.6 is 0 Å². The van der Waals surface area contributed by atoms with Gasteiger partial charge >= 0.3 is 6.03 Å². The van der Waals surface area contributed by atoms with Gasteiger partial charge in [0.1, 0.15) is 0 Å². The fourth-order valence-electron chi connectivity index (χ4n) is 4.55. The Morgan fingerprint density at radius 3 is 2.62 bits per heavy atom. The van der Waals surface area contributed by atoms with E-state index in [1.807, 2.05) is 6.07 Å². The number of urea groups is 1. The van der Waals surface area contributed by atoms with Crippen LogP contribution in [-0.2, 0) is 6.54 Å². The van der Waals surface area contributed by atoms with Crippen molar-refractivity contribution in [2.45, 2.75) is 57.5 Å². The molecule has 0 bridgehead atoms. The van der Waals surface area contributed by atoms with Gasteiger partial charge in [-0.05, 0) is 48.8 Å². The molecule has 1 aliphatic heterocycles. The minimum atomic E-state index is 0.107.